The van der Waals surface area contributed by atoms with Crippen LogP contribution in [0, 0.1) is 0 Å². The first kappa shape index (κ1) is 14.6. The average molecular weight is 307 g/mol. The van der Waals surface area contributed by atoms with Crippen LogP contribution in [-0.2, 0) is 4.74 Å². The molecule has 4 nitrogen and oxygen atoms in total. The quantitative estimate of drug-likeness (QED) is 0.943. The van der Waals surface area contributed by atoms with Gasteiger partial charge >= 0.3 is 0 Å². The molecule has 1 N–H and O–H groups in total. The lowest BCUT2D eigenvalue weighted by atomic mass is 10.1. The fraction of sp³-hybridized carbons (Fsp3) is 0.438. The highest BCUT2D eigenvalue weighted by atomic mass is 35.5. The Labute approximate surface area is 129 Å². The molecule has 5 heteroatoms. The van der Waals surface area contributed by atoms with Gasteiger partial charge in [0.2, 0.25) is 0 Å². The van der Waals surface area contributed by atoms with Crippen LogP contribution < -0.4 is 4.90 Å². The molecule has 21 heavy (non-hydrogen) atoms. The Morgan fingerprint density at radius 2 is 2.10 bits per heavy atom. The zero-order valence-corrected chi connectivity index (χ0v) is 12.6. The van der Waals surface area contributed by atoms with Gasteiger partial charge in [0.25, 0.3) is 0 Å². The minimum absolute atomic E-state index is 0.0932. The number of hydrogen-bond acceptors (Lipinski definition) is 4. The van der Waals surface area contributed by atoms with Crippen LogP contribution in [0.2, 0.25) is 5.02 Å². The molecule has 1 aliphatic heterocycles. The number of piperidine rings is 1. The number of aliphatic hydroxyl groups is 1. The largest absolute Gasteiger partial charge is 0.394 e. The fourth-order valence-corrected chi connectivity index (χ4v) is 3.03. The number of pyridine rings is 1. The Morgan fingerprint density at radius 3 is 2.86 bits per heavy atom. The van der Waals surface area contributed by atoms with Crippen LogP contribution in [0.25, 0.3) is 10.9 Å². The minimum Gasteiger partial charge on any atom is -0.394 e. The topological polar surface area (TPSA) is 45.6 Å². The third-order valence-corrected chi connectivity index (χ3v) is 4.14. The van der Waals surface area contributed by atoms with E-state index in [0.717, 1.165) is 36.8 Å². The Bertz CT molecular complexity index is 612. The zero-order chi connectivity index (χ0) is 14.7. The molecule has 0 spiro atoms. The van der Waals surface area contributed by atoms with Gasteiger partial charge in [-0.3, -0.25) is 4.98 Å². The van der Waals surface area contributed by atoms with Crippen molar-refractivity contribution in [2.75, 3.05) is 31.2 Å². The third-order valence-electron chi connectivity index (χ3n) is 3.91. The van der Waals surface area contributed by atoms with Gasteiger partial charge in [0.1, 0.15) is 0 Å². The van der Waals surface area contributed by atoms with Crippen molar-refractivity contribution in [3.63, 3.8) is 0 Å². The molecule has 0 aliphatic carbocycles. The lowest BCUT2D eigenvalue weighted by Gasteiger charge is -2.34. The molecule has 1 aromatic carbocycles. The molecule has 0 atom stereocenters. The van der Waals surface area contributed by atoms with Crippen molar-refractivity contribution in [3.05, 3.63) is 35.5 Å². The van der Waals surface area contributed by atoms with Gasteiger partial charge in [0, 0.05) is 35.4 Å². The molecule has 0 radical (unpaired) electrons. The maximum absolute atomic E-state index is 8.81. The summed E-state index contributed by atoms with van der Waals surface area (Å²) < 4.78 is 5.61. The van der Waals surface area contributed by atoms with Crippen LogP contribution in [0.15, 0.2) is 30.5 Å². The first-order valence-electron chi connectivity index (χ1n) is 7.29. The second-order valence-corrected chi connectivity index (χ2v) is 5.71. The van der Waals surface area contributed by atoms with Gasteiger partial charge in [0.15, 0.2) is 0 Å². The second-order valence-electron chi connectivity index (χ2n) is 5.27. The maximum atomic E-state index is 8.81. The molecule has 0 bridgehead atoms. The van der Waals surface area contributed by atoms with E-state index in [1.54, 1.807) is 0 Å². The van der Waals surface area contributed by atoms with Gasteiger partial charge in [-0.15, -0.1) is 0 Å². The zero-order valence-electron chi connectivity index (χ0n) is 11.8. The van der Waals surface area contributed by atoms with Crippen LogP contribution in [0.4, 0.5) is 5.69 Å². The van der Waals surface area contributed by atoms with Crippen LogP contribution in [0.3, 0.4) is 0 Å². The molecule has 0 amide bonds. The molecular weight excluding hydrogens is 288 g/mol. The summed E-state index contributed by atoms with van der Waals surface area (Å²) in [5.41, 5.74) is 2.14. The van der Waals surface area contributed by atoms with E-state index < -0.39 is 0 Å². The van der Waals surface area contributed by atoms with Crippen molar-refractivity contribution in [3.8, 4) is 0 Å². The SMILES string of the molecule is OCCOC1CCN(c2ccnc3cc(Cl)ccc23)CC1. The highest BCUT2D eigenvalue weighted by Gasteiger charge is 2.21. The Morgan fingerprint density at radius 1 is 1.29 bits per heavy atom. The molecule has 1 aromatic heterocycles. The lowest BCUT2D eigenvalue weighted by Crippen LogP contribution is -2.37. The monoisotopic (exact) mass is 306 g/mol. The number of ether oxygens (including phenoxy) is 1. The molecule has 2 heterocycles. The van der Waals surface area contributed by atoms with Crippen LogP contribution in [-0.4, -0.2) is 42.5 Å². The van der Waals surface area contributed by atoms with Gasteiger partial charge in [-0.25, -0.2) is 0 Å². The van der Waals surface area contributed by atoms with E-state index in [-0.39, 0.29) is 12.7 Å². The summed E-state index contributed by atoms with van der Waals surface area (Å²) in [6, 6.07) is 7.91. The van der Waals surface area contributed by atoms with Gasteiger partial charge in [-0.05, 0) is 37.1 Å². The number of benzene rings is 1. The number of nitrogens with zero attached hydrogens (tertiary/aromatic N) is 2. The van der Waals surface area contributed by atoms with Crippen LogP contribution in [0.1, 0.15) is 12.8 Å². The number of aliphatic hydroxyl groups excluding tert-OH is 1. The summed E-state index contributed by atoms with van der Waals surface area (Å²) in [5, 5.41) is 10.7. The average Bonchev–Trinajstić information content (AvgIpc) is 2.52. The molecule has 2 aromatic rings. The molecule has 0 saturated carbocycles. The predicted octanol–water partition coefficient (Wildman–Crippen LogP) is 2.87. The minimum atomic E-state index is 0.0932. The molecule has 1 aliphatic rings. The highest BCUT2D eigenvalue weighted by Crippen LogP contribution is 2.29. The summed E-state index contributed by atoms with van der Waals surface area (Å²) in [7, 11) is 0. The summed E-state index contributed by atoms with van der Waals surface area (Å²) in [6.07, 6.45) is 4.06. The number of rotatable bonds is 4. The van der Waals surface area contributed by atoms with Crippen molar-refractivity contribution in [2.24, 2.45) is 0 Å². The van der Waals surface area contributed by atoms with E-state index in [0.29, 0.717) is 11.6 Å². The molecule has 3 rings (SSSR count). The van der Waals surface area contributed by atoms with Crippen molar-refractivity contribution in [1.82, 2.24) is 4.98 Å². The van der Waals surface area contributed by atoms with Crippen molar-refractivity contribution < 1.29 is 9.84 Å². The van der Waals surface area contributed by atoms with Gasteiger partial charge < -0.3 is 14.7 Å². The number of hydrogen-bond donors (Lipinski definition) is 1. The highest BCUT2D eigenvalue weighted by molar-refractivity contribution is 6.31. The molecule has 1 saturated heterocycles. The van der Waals surface area contributed by atoms with E-state index in [9.17, 15) is 0 Å². The third kappa shape index (κ3) is 3.28. The first-order valence-corrected chi connectivity index (χ1v) is 7.67. The summed E-state index contributed by atoms with van der Waals surface area (Å²) in [6.45, 7) is 2.44. The van der Waals surface area contributed by atoms with Crippen LogP contribution >= 0.6 is 11.6 Å². The van der Waals surface area contributed by atoms with Gasteiger partial charge in [0.05, 0.1) is 24.8 Å². The van der Waals surface area contributed by atoms with E-state index in [2.05, 4.69) is 16.0 Å². The van der Waals surface area contributed by atoms with Crippen molar-refractivity contribution in [2.45, 2.75) is 18.9 Å². The Hall–Kier alpha value is -1.36. The second kappa shape index (κ2) is 6.60. The smallest absolute Gasteiger partial charge is 0.0737 e. The summed E-state index contributed by atoms with van der Waals surface area (Å²) >= 11 is 6.03. The predicted molar refractivity (Wildman–Crippen MR) is 85.0 cm³/mol. The van der Waals surface area contributed by atoms with E-state index in [4.69, 9.17) is 21.4 Å². The maximum Gasteiger partial charge on any atom is 0.0737 e. The molecule has 112 valence electrons. The lowest BCUT2D eigenvalue weighted by molar-refractivity contribution is 0.0159. The number of aromatic nitrogens is 1. The fourth-order valence-electron chi connectivity index (χ4n) is 2.86. The standard InChI is InChI=1S/C16H19ClN2O2/c17-12-1-2-14-15(11-12)18-6-3-16(14)19-7-4-13(5-8-19)21-10-9-20/h1-3,6,11,13,20H,4-5,7-10H2. The van der Waals surface area contributed by atoms with Crippen molar-refractivity contribution in [1.29, 1.82) is 0 Å². The van der Waals surface area contributed by atoms with Gasteiger partial charge in [-0.2, -0.15) is 0 Å². The van der Waals surface area contributed by atoms with E-state index >= 15 is 0 Å². The Balaban J connectivity index is 1.76. The number of halogens is 1. The number of anilines is 1. The van der Waals surface area contributed by atoms with Crippen molar-refractivity contribution >= 4 is 28.2 Å². The van der Waals surface area contributed by atoms with Gasteiger partial charge in [-0.1, -0.05) is 11.6 Å². The number of fused-ring (bicyclic) bond motifs is 1. The van der Waals surface area contributed by atoms with Crippen LogP contribution in [0.5, 0.6) is 0 Å². The van der Waals surface area contributed by atoms with E-state index in [1.807, 2.05) is 24.4 Å². The van der Waals surface area contributed by atoms with E-state index in [1.165, 1.54) is 5.69 Å². The summed E-state index contributed by atoms with van der Waals surface area (Å²) in [4.78, 5) is 6.76. The molecular formula is C16H19ClN2O2. The molecule has 1 fully saturated rings. The first-order chi connectivity index (χ1) is 10.3. The Kier molecular flexibility index (Phi) is 4.58. The molecule has 0 unspecified atom stereocenters. The summed E-state index contributed by atoms with van der Waals surface area (Å²) in [5.74, 6) is 0. The normalized spacial score (nSPS) is 16.6.